The molecule has 0 spiro atoms. The van der Waals surface area contributed by atoms with Crippen molar-refractivity contribution >= 4 is 34.9 Å². The Balaban J connectivity index is 1.59. The number of nitrogens with zero attached hydrogens (tertiary/aromatic N) is 1. The van der Waals surface area contributed by atoms with E-state index in [-0.39, 0.29) is 17.5 Å². The van der Waals surface area contributed by atoms with Gasteiger partial charge in [0, 0.05) is 36.3 Å². The fourth-order valence-electron chi connectivity index (χ4n) is 3.00. The van der Waals surface area contributed by atoms with Gasteiger partial charge in [0.1, 0.15) is 5.70 Å². The summed E-state index contributed by atoms with van der Waals surface area (Å²) in [4.78, 5) is 28.5. The zero-order chi connectivity index (χ0) is 22.1. The highest BCUT2D eigenvalue weighted by Crippen LogP contribution is 2.14. The molecule has 2 amide bonds. The zero-order valence-electron chi connectivity index (χ0n) is 17.8. The van der Waals surface area contributed by atoms with Crippen LogP contribution in [-0.2, 0) is 4.79 Å². The summed E-state index contributed by atoms with van der Waals surface area (Å²) in [5.74, 6) is -0.599. The van der Waals surface area contributed by atoms with Crippen molar-refractivity contribution in [2.75, 3.05) is 25.0 Å². The molecule has 3 rings (SSSR count). The molecule has 2 N–H and O–H groups in total. The highest BCUT2D eigenvalue weighted by Gasteiger charge is 2.15. The van der Waals surface area contributed by atoms with Gasteiger partial charge in [-0.2, -0.15) is 0 Å². The van der Waals surface area contributed by atoms with Gasteiger partial charge < -0.3 is 15.5 Å². The Morgan fingerprint density at radius 3 is 2.42 bits per heavy atom. The van der Waals surface area contributed by atoms with Crippen molar-refractivity contribution in [3.05, 3.63) is 93.8 Å². The highest BCUT2D eigenvalue weighted by atomic mass is 32.1. The van der Waals surface area contributed by atoms with Gasteiger partial charge in [0.05, 0.1) is 0 Å². The Morgan fingerprint density at radius 1 is 1.00 bits per heavy atom. The van der Waals surface area contributed by atoms with Crippen LogP contribution in [0, 0.1) is 6.92 Å². The molecule has 2 aromatic carbocycles. The second kappa shape index (κ2) is 11.1. The summed E-state index contributed by atoms with van der Waals surface area (Å²) >= 11 is 1.51. The molecule has 0 unspecified atom stereocenters. The minimum absolute atomic E-state index is 0.240. The van der Waals surface area contributed by atoms with Gasteiger partial charge in [-0.05, 0) is 55.1 Å². The van der Waals surface area contributed by atoms with Crippen molar-refractivity contribution in [3.63, 3.8) is 0 Å². The van der Waals surface area contributed by atoms with E-state index in [4.69, 9.17) is 0 Å². The topological polar surface area (TPSA) is 61.4 Å². The van der Waals surface area contributed by atoms with E-state index >= 15 is 0 Å². The molecule has 6 heteroatoms. The molecule has 0 aliphatic heterocycles. The van der Waals surface area contributed by atoms with E-state index in [0.29, 0.717) is 12.1 Å². The van der Waals surface area contributed by atoms with E-state index in [1.54, 1.807) is 18.2 Å². The largest absolute Gasteiger partial charge is 0.375 e. The number of thiophene rings is 1. The van der Waals surface area contributed by atoms with Gasteiger partial charge in [-0.25, -0.2) is 0 Å². The lowest BCUT2D eigenvalue weighted by atomic mass is 10.1. The van der Waals surface area contributed by atoms with Crippen LogP contribution in [-0.4, -0.2) is 32.0 Å². The summed E-state index contributed by atoms with van der Waals surface area (Å²) in [5, 5.41) is 7.63. The van der Waals surface area contributed by atoms with Crippen LogP contribution in [0.2, 0.25) is 0 Å². The van der Waals surface area contributed by atoms with Crippen molar-refractivity contribution in [2.45, 2.75) is 13.3 Å². The number of carbonyl (C=O) groups is 2. The Morgan fingerprint density at radius 2 is 1.74 bits per heavy atom. The predicted molar refractivity (Wildman–Crippen MR) is 128 cm³/mol. The number of nitrogens with one attached hydrogen (secondary N) is 2. The van der Waals surface area contributed by atoms with Crippen LogP contribution < -0.4 is 15.5 Å². The Hall–Kier alpha value is -3.38. The molecule has 1 heterocycles. The number of rotatable bonds is 9. The second-order valence-corrected chi connectivity index (χ2v) is 8.24. The van der Waals surface area contributed by atoms with Crippen molar-refractivity contribution in [1.29, 1.82) is 0 Å². The van der Waals surface area contributed by atoms with Crippen LogP contribution in [0.3, 0.4) is 0 Å². The summed E-state index contributed by atoms with van der Waals surface area (Å²) in [5.41, 5.74) is 2.96. The Kier molecular flexibility index (Phi) is 8.01. The lowest BCUT2D eigenvalue weighted by Crippen LogP contribution is -2.36. The highest BCUT2D eigenvalue weighted by molar-refractivity contribution is 7.10. The second-order valence-electron chi connectivity index (χ2n) is 7.26. The summed E-state index contributed by atoms with van der Waals surface area (Å²) in [6.45, 7) is 3.29. The predicted octanol–water partition coefficient (Wildman–Crippen LogP) is 4.47. The average Bonchev–Trinajstić information content (AvgIpc) is 3.30. The molecule has 31 heavy (non-hydrogen) atoms. The first-order chi connectivity index (χ1) is 15.0. The van der Waals surface area contributed by atoms with Crippen LogP contribution in [0.15, 0.2) is 77.8 Å². The van der Waals surface area contributed by atoms with Gasteiger partial charge in [-0.3, -0.25) is 9.59 Å². The lowest BCUT2D eigenvalue weighted by Gasteiger charge is -2.19. The number of hydrogen-bond acceptors (Lipinski definition) is 4. The van der Waals surface area contributed by atoms with E-state index in [2.05, 4.69) is 27.7 Å². The van der Waals surface area contributed by atoms with Crippen molar-refractivity contribution < 1.29 is 9.59 Å². The summed E-state index contributed by atoms with van der Waals surface area (Å²) in [6.07, 6.45) is 2.50. The van der Waals surface area contributed by atoms with Gasteiger partial charge >= 0.3 is 0 Å². The monoisotopic (exact) mass is 433 g/mol. The van der Waals surface area contributed by atoms with E-state index in [0.717, 1.165) is 29.1 Å². The maximum absolute atomic E-state index is 12.8. The molecule has 0 saturated heterocycles. The van der Waals surface area contributed by atoms with E-state index in [1.807, 2.05) is 61.8 Å². The smallest absolute Gasteiger partial charge is 0.267 e. The third kappa shape index (κ3) is 6.83. The molecule has 0 aliphatic carbocycles. The first-order valence-electron chi connectivity index (χ1n) is 10.2. The van der Waals surface area contributed by atoms with Crippen LogP contribution in [0.25, 0.3) is 6.08 Å². The molecule has 0 atom stereocenters. The van der Waals surface area contributed by atoms with Crippen molar-refractivity contribution in [3.8, 4) is 0 Å². The number of carbonyl (C=O) groups excluding carboxylic acids is 2. The number of amides is 2. The fraction of sp³-hybridized carbons (Fsp3) is 0.200. The SMILES string of the molecule is Cc1ccc(C(=O)N/C(=C\c2cccs2)C(=O)NCCCN(C)c2ccccc2)cc1. The average molecular weight is 434 g/mol. The molecule has 0 aliphatic rings. The molecular weight excluding hydrogens is 406 g/mol. The molecule has 0 bridgehead atoms. The molecule has 160 valence electrons. The van der Waals surface area contributed by atoms with Crippen molar-refractivity contribution in [2.24, 2.45) is 0 Å². The van der Waals surface area contributed by atoms with Gasteiger partial charge in [0.25, 0.3) is 11.8 Å². The molecule has 5 nitrogen and oxygen atoms in total. The minimum Gasteiger partial charge on any atom is -0.375 e. The quantitative estimate of drug-likeness (QED) is 0.387. The Bertz CT molecular complexity index is 1010. The fourth-order valence-corrected chi connectivity index (χ4v) is 3.66. The number of anilines is 1. The van der Waals surface area contributed by atoms with Gasteiger partial charge in [-0.1, -0.05) is 42.0 Å². The minimum atomic E-state index is -0.304. The molecule has 0 radical (unpaired) electrons. The maximum Gasteiger partial charge on any atom is 0.267 e. The number of para-hydroxylation sites is 1. The van der Waals surface area contributed by atoms with E-state index < -0.39 is 0 Å². The van der Waals surface area contributed by atoms with Gasteiger partial charge in [-0.15, -0.1) is 11.3 Å². The molecular formula is C25H27N3O2S. The summed E-state index contributed by atoms with van der Waals surface area (Å²) in [7, 11) is 2.03. The zero-order valence-corrected chi connectivity index (χ0v) is 18.6. The molecule has 0 fully saturated rings. The van der Waals surface area contributed by atoms with Gasteiger partial charge in [0.15, 0.2) is 0 Å². The van der Waals surface area contributed by atoms with Crippen LogP contribution in [0.5, 0.6) is 0 Å². The first kappa shape index (κ1) is 22.3. The maximum atomic E-state index is 12.8. The normalized spacial score (nSPS) is 11.1. The van der Waals surface area contributed by atoms with Crippen LogP contribution in [0.1, 0.15) is 27.2 Å². The number of hydrogen-bond donors (Lipinski definition) is 2. The van der Waals surface area contributed by atoms with E-state index in [1.165, 1.54) is 11.3 Å². The standard InChI is InChI=1S/C25H27N3O2S/c1-19-11-13-20(14-12-19)24(29)27-23(18-22-10-6-17-31-22)25(30)26-15-7-16-28(2)21-8-4-3-5-9-21/h3-6,8-14,17-18H,7,15-16H2,1-2H3,(H,26,30)(H,27,29)/b23-18-. The molecule has 0 saturated carbocycles. The van der Waals surface area contributed by atoms with Crippen molar-refractivity contribution in [1.82, 2.24) is 10.6 Å². The number of aryl methyl sites for hydroxylation is 1. The lowest BCUT2D eigenvalue weighted by molar-refractivity contribution is -0.117. The van der Waals surface area contributed by atoms with Gasteiger partial charge in [0.2, 0.25) is 0 Å². The van der Waals surface area contributed by atoms with Crippen LogP contribution >= 0.6 is 11.3 Å². The third-order valence-electron chi connectivity index (χ3n) is 4.79. The Labute approximate surface area is 187 Å². The first-order valence-corrected chi connectivity index (χ1v) is 11.1. The van der Waals surface area contributed by atoms with E-state index in [9.17, 15) is 9.59 Å². The van der Waals surface area contributed by atoms with Crippen LogP contribution in [0.4, 0.5) is 5.69 Å². The molecule has 3 aromatic rings. The summed E-state index contributed by atoms with van der Waals surface area (Å²) < 4.78 is 0. The third-order valence-corrected chi connectivity index (χ3v) is 5.61. The summed E-state index contributed by atoms with van der Waals surface area (Å²) in [6, 6.07) is 21.2. The number of benzene rings is 2. The molecule has 1 aromatic heterocycles.